The number of carbonyl (C=O) groups is 1. The summed E-state index contributed by atoms with van der Waals surface area (Å²) in [5.74, 6) is 0.673. The van der Waals surface area contributed by atoms with Gasteiger partial charge in [0.15, 0.2) is 11.3 Å². The Hall–Kier alpha value is -1.61. The molecule has 2 aliphatic rings. The maximum atomic E-state index is 12.3. The fraction of sp³-hybridized carbons (Fsp3) is 0.688. The Balaban J connectivity index is 1.54. The van der Waals surface area contributed by atoms with Crippen molar-refractivity contribution in [2.45, 2.75) is 63.3 Å². The van der Waals surface area contributed by atoms with Crippen LogP contribution < -0.4 is 10.6 Å². The van der Waals surface area contributed by atoms with Crippen molar-refractivity contribution in [1.29, 1.82) is 5.26 Å². The van der Waals surface area contributed by atoms with Gasteiger partial charge in [-0.25, -0.2) is 4.98 Å². The fourth-order valence-electron chi connectivity index (χ4n) is 3.57. The molecule has 1 heterocycles. The fourth-order valence-corrected chi connectivity index (χ4v) is 4.56. The smallest absolute Gasteiger partial charge is 0.229 e. The zero-order valence-electron chi connectivity index (χ0n) is 12.7. The molecule has 2 saturated carbocycles. The van der Waals surface area contributed by atoms with Gasteiger partial charge in [0.1, 0.15) is 0 Å². The minimum absolute atomic E-state index is 0.00659. The molecule has 2 aliphatic carbocycles. The monoisotopic (exact) mass is 318 g/mol. The zero-order valence-corrected chi connectivity index (χ0v) is 13.5. The molecule has 2 fully saturated rings. The van der Waals surface area contributed by atoms with Gasteiger partial charge in [-0.05, 0) is 38.0 Å². The molecule has 5 nitrogen and oxygen atoms in total. The maximum Gasteiger partial charge on any atom is 0.229 e. The summed E-state index contributed by atoms with van der Waals surface area (Å²) in [7, 11) is 0. The topological polar surface area (TPSA) is 77.8 Å². The Kier molecular flexibility index (Phi) is 4.94. The normalized spacial score (nSPS) is 25.6. The highest BCUT2D eigenvalue weighted by Gasteiger charge is 2.30. The molecule has 22 heavy (non-hydrogen) atoms. The lowest BCUT2D eigenvalue weighted by Gasteiger charge is -2.19. The first-order chi connectivity index (χ1) is 10.8. The molecule has 0 spiro atoms. The largest absolute Gasteiger partial charge is 0.321 e. The molecule has 2 N–H and O–H groups in total. The van der Waals surface area contributed by atoms with Crippen molar-refractivity contribution in [2.24, 2.45) is 5.92 Å². The van der Waals surface area contributed by atoms with E-state index < -0.39 is 0 Å². The van der Waals surface area contributed by atoms with Crippen LogP contribution in [-0.4, -0.2) is 16.9 Å². The summed E-state index contributed by atoms with van der Waals surface area (Å²) in [5, 5.41) is 15.1. The number of amides is 1. The van der Waals surface area contributed by atoms with Crippen LogP contribution in [0.2, 0.25) is 0 Å². The lowest BCUT2D eigenvalue weighted by atomic mass is 9.89. The first-order valence-electron chi connectivity index (χ1n) is 8.17. The van der Waals surface area contributed by atoms with E-state index in [2.05, 4.69) is 15.6 Å². The van der Waals surface area contributed by atoms with E-state index in [4.69, 9.17) is 5.26 Å². The number of nitrogens with zero attached hydrogens (tertiary/aromatic N) is 2. The van der Waals surface area contributed by atoms with E-state index in [0.29, 0.717) is 5.92 Å². The lowest BCUT2D eigenvalue weighted by Crippen LogP contribution is -2.25. The van der Waals surface area contributed by atoms with E-state index in [-0.39, 0.29) is 17.9 Å². The van der Waals surface area contributed by atoms with Gasteiger partial charge in [0.25, 0.3) is 0 Å². The third-order valence-electron chi connectivity index (χ3n) is 4.83. The molecule has 6 heteroatoms. The van der Waals surface area contributed by atoms with Crippen LogP contribution in [0.4, 0.5) is 5.13 Å². The number of hydrogen-bond acceptors (Lipinski definition) is 5. The Morgan fingerprint density at radius 3 is 2.86 bits per heavy atom. The first-order valence-corrected chi connectivity index (χ1v) is 8.99. The van der Waals surface area contributed by atoms with Crippen LogP contribution in [0.5, 0.6) is 0 Å². The zero-order chi connectivity index (χ0) is 15.4. The summed E-state index contributed by atoms with van der Waals surface area (Å²) in [5.41, 5.74) is 0. The number of aromatic nitrogens is 1. The van der Waals surface area contributed by atoms with E-state index in [1.54, 1.807) is 11.3 Å². The van der Waals surface area contributed by atoms with E-state index in [1.165, 1.54) is 37.0 Å². The molecule has 1 amide bonds. The highest BCUT2D eigenvalue weighted by Crippen LogP contribution is 2.37. The van der Waals surface area contributed by atoms with Crippen molar-refractivity contribution in [2.75, 3.05) is 5.32 Å². The number of thiazole rings is 1. The van der Waals surface area contributed by atoms with Gasteiger partial charge in [0.05, 0.1) is 0 Å². The second kappa shape index (κ2) is 7.10. The van der Waals surface area contributed by atoms with Crippen LogP contribution in [0.15, 0.2) is 6.20 Å². The van der Waals surface area contributed by atoms with Gasteiger partial charge in [-0.2, -0.15) is 5.26 Å². The Labute approximate surface area is 135 Å². The van der Waals surface area contributed by atoms with E-state index in [9.17, 15) is 4.79 Å². The van der Waals surface area contributed by atoms with Crippen LogP contribution in [0.3, 0.4) is 0 Å². The second-order valence-electron chi connectivity index (χ2n) is 6.36. The molecule has 1 aromatic rings. The predicted molar refractivity (Wildman–Crippen MR) is 86.4 cm³/mol. The predicted octanol–water partition coefficient (Wildman–Crippen LogP) is 3.37. The number of carbonyl (C=O) groups excluding carboxylic acids is 1. The molecule has 0 saturated heterocycles. The number of nitrogens with one attached hydrogen (secondary N) is 2. The summed E-state index contributed by atoms with van der Waals surface area (Å²) in [6.07, 6.45) is 12.8. The van der Waals surface area contributed by atoms with Crippen molar-refractivity contribution in [3.63, 3.8) is 0 Å². The number of rotatable bonds is 4. The Bertz CT molecular complexity index is 559. The van der Waals surface area contributed by atoms with Gasteiger partial charge in [-0.3, -0.25) is 4.79 Å². The SMILES string of the molecule is N#CN[C@@H]1CCC(C(=O)Nc2ncc(C3CCCCC3)s2)C1. The first kappa shape index (κ1) is 15.3. The molecule has 0 bridgehead atoms. The van der Waals surface area contributed by atoms with Gasteiger partial charge in [-0.15, -0.1) is 11.3 Å². The van der Waals surface area contributed by atoms with Crippen molar-refractivity contribution in [1.82, 2.24) is 10.3 Å². The highest BCUT2D eigenvalue weighted by atomic mass is 32.1. The lowest BCUT2D eigenvalue weighted by molar-refractivity contribution is -0.119. The summed E-state index contributed by atoms with van der Waals surface area (Å²) >= 11 is 1.63. The van der Waals surface area contributed by atoms with E-state index >= 15 is 0 Å². The summed E-state index contributed by atoms with van der Waals surface area (Å²) in [4.78, 5) is 18.0. The van der Waals surface area contributed by atoms with Gasteiger partial charge >= 0.3 is 0 Å². The van der Waals surface area contributed by atoms with Gasteiger partial charge in [0.2, 0.25) is 5.91 Å². The summed E-state index contributed by atoms with van der Waals surface area (Å²) in [6, 6.07) is 0.148. The summed E-state index contributed by atoms with van der Waals surface area (Å²) < 4.78 is 0. The third-order valence-corrected chi connectivity index (χ3v) is 5.91. The minimum Gasteiger partial charge on any atom is -0.321 e. The average molecular weight is 318 g/mol. The van der Waals surface area contributed by atoms with Crippen molar-refractivity contribution >= 4 is 22.4 Å². The van der Waals surface area contributed by atoms with Crippen LogP contribution in [0.1, 0.15) is 62.2 Å². The molecule has 1 aromatic heterocycles. The molecule has 2 atom stereocenters. The van der Waals surface area contributed by atoms with Crippen molar-refractivity contribution < 1.29 is 4.79 Å². The molecule has 0 aromatic carbocycles. The molecular weight excluding hydrogens is 296 g/mol. The van der Waals surface area contributed by atoms with E-state index in [0.717, 1.165) is 24.4 Å². The molecular formula is C16H22N4OS. The molecule has 1 unspecified atom stereocenters. The molecule has 118 valence electrons. The number of hydrogen-bond donors (Lipinski definition) is 2. The molecule has 3 rings (SSSR count). The van der Waals surface area contributed by atoms with Gasteiger partial charge in [0, 0.05) is 23.0 Å². The van der Waals surface area contributed by atoms with Crippen LogP contribution in [0.25, 0.3) is 0 Å². The van der Waals surface area contributed by atoms with Gasteiger partial charge < -0.3 is 10.6 Å². The second-order valence-corrected chi connectivity index (χ2v) is 7.42. The summed E-state index contributed by atoms with van der Waals surface area (Å²) in [6.45, 7) is 0. The quantitative estimate of drug-likeness (QED) is 0.659. The standard InChI is InChI=1S/C16H22N4OS/c17-10-19-13-7-6-12(8-13)15(21)20-16-18-9-14(22-16)11-4-2-1-3-5-11/h9,11-13,19H,1-8H2,(H,18,20,21)/t12?,13-/m1/s1. The van der Waals surface area contributed by atoms with Gasteiger partial charge in [-0.1, -0.05) is 19.3 Å². The van der Waals surface area contributed by atoms with Crippen LogP contribution in [-0.2, 0) is 4.79 Å². The average Bonchev–Trinajstić information content (AvgIpc) is 3.18. The van der Waals surface area contributed by atoms with Crippen molar-refractivity contribution in [3.8, 4) is 6.19 Å². The van der Waals surface area contributed by atoms with E-state index in [1.807, 2.05) is 12.4 Å². The number of nitriles is 1. The highest BCUT2D eigenvalue weighted by molar-refractivity contribution is 7.15. The van der Waals surface area contributed by atoms with Crippen LogP contribution >= 0.6 is 11.3 Å². The Morgan fingerprint density at radius 2 is 2.09 bits per heavy atom. The minimum atomic E-state index is -0.00659. The Morgan fingerprint density at radius 1 is 1.27 bits per heavy atom. The molecule has 0 aliphatic heterocycles. The number of anilines is 1. The van der Waals surface area contributed by atoms with Crippen molar-refractivity contribution in [3.05, 3.63) is 11.1 Å². The maximum absolute atomic E-state index is 12.3. The molecule has 0 radical (unpaired) electrons. The van der Waals surface area contributed by atoms with Crippen LogP contribution in [0, 0.1) is 17.4 Å². The third kappa shape index (κ3) is 3.58.